The van der Waals surface area contributed by atoms with Gasteiger partial charge in [-0.1, -0.05) is 17.7 Å². The molecular formula is C2H7ClS2. The lowest BCUT2D eigenvalue weighted by atomic mass is 11.0. The van der Waals surface area contributed by atoms with Gasteiger partial charge in [-0.15, -0.1) is 24.1 Å². The van der Waals surface area contributed by atoms with Crippen LogP contribution in [0.2, 0.25) is 0 Å². The number of rotatable bonds is 1. The summed E-state index contributed by atoms with van der Waals surface area (Å²) in [5.74, 6) is 1.10. The molecule has 0 rings (SSSR count). The molecule has 34 valence electrons. The number of hydrogen-bond donors (Lipinski definition) is 1. The summed E-state index contributed by atoms with van der Waals surface area (Å²) in [6.45, 7) is 2.07. The predicted molar refractivity (Wildman–Crippen MR) is 34.4 cm³/mol. The third kappa shape index (κ3) is 11.3. The van der Waals surface area contributed by atoms with E-state index in [2.05, 4.69) is 18.6 Å². The average molecular weight is 131 g/mol. The van der Waals surface area contributed by atoms with Crippen molar-refractivity contribution < 1.29 is 0 Å². The molecule has 0 unspecified atom stereocenters. The smallest absolute Gasteiger partial charge is 0.000600 e. The van der Waals surface area contributed by atoms with E-state index in [1.165, 1.54) is 0 Å². The Bertz CT molecular complexity index is 9.61. The lowest BCUT2D eigenvalue weighted by Gasteiger charge is -1.68. The quantitative estimate of drug-likeness (QED) is 0.419. The highest BCUT2D eigenvalue weighted by Crippen LogP contribution is 2.00. The lowest BCUT2D eigenvalue weighted by Crippen LogP contribution is -1.45. The molecule has 0 aliphatic heterocycles. The van der Waals surface area contributed by atoms with Crippen LogP contribution < -0.4 is 0 Å². The van der Waals surface area contributed by atoms with E-state index in [0.29, 0.717) is 0 Å². The van der Waals surface area contributed by atoms with Crippen molar-refractivity contribution in [3.8, 4) is 0 Å². The molecule has 0 aliphatic carbocycles. The maximum atomic E-state index is 3.84. The molecule has 0 spiro atoms. The molecule has 0 bridgehead atoms. The van der Waals surface area contributed by atoms with E-state index in [1.807, 2.05) is 0 Å². The van der Waals surface area contributed by atoms with Crippen LogP contribution in [-0.4, -0.2) is 5.75 Å². The highest BCUT2D eigenvalue weighted by Gasteiger charge is 1.56. The summed E-state index contributed by atoms with van der Waals surface area (Å²) >= 11 is 3.84. The highest BCUT2D eigenvalue weighted by molar-refractivity contribution is 8.68. The van der Waals surface area contributed by atoms with Crippen molar-refractivity contribution in [2.45, 2.75) is 6.92 Å². The van der Waals surface area contributed by atoms with Crippen LogP contribution in [-0.2, 0) is 0 Å². The van der Waals surface area contributed by atoms with Crippen molar-refractivity contribution >= 4 is 34.9 Å². The zero-order chi connectivity index (χ0) is 3.41. The molecule has 0 aromatic rings. The minimum absolute atomic E-state index is 0. The van der Waals surface area contributed by atoms with E-state index < -0.39 is 0 Å². The molecule has 0 saturated carbocycles. The maximum Gasteiger partial charge on any atom is 0.000600 e. The van der Waals surface area contributed by atoms with Crippen LogP contribution in [0.4, 0.5) is 0 Å². The Hall–Kier alpha value is 0.990. The second kappa shape index (κ2) is 8.89. The van der Waals surface area contributed by atoms with Gasteiger partial charge in [0, 0.05) is 5.75 Å². The van der Waals surface area contributed by atoms with Crippen LogP contribution in [0.1, 0.15) is 6.92 Å². The van der Waals surface area contributed by atoms with Crippen molar-refractivity contribution in [1.82, 2.24) is 0 Å². The molecule has 0 atom stereocenters. The van der Waals surface area contributed by atoms with E-state index in [4.69, 9.17) is 0 Å². The van der Waals surface area contributed by atoms with E-state index in [1.54, 1.807) is 10.8 Å². The average Bonchev–Trinajstić information content (AvgIpc) is 1.37. The van der Waals surface area contributed by atoms with Crippen LogP contribution in [0.25, 0.3) is 0 Å². The summed E-state index contributed by atoms with van der Waals surface area (Å²) < 4.78 is 0. The molecule has 3 heteroatoms. The van der Waals surface area contributed by atoms with E-state index >= 15 is 0 Å². The first kappa shape index (κ1) is 9.37. The zero-order valence-electron chi connectivity index (χ0n) is 2.97. The van der Waals surface area contributed by atoms with Crippen LogP contribution in [0, 0.1) is 0 Å². The molecule has 0 amide bonds. The molecule has 0 heterocycles. The fourth-order valence-electron chi connectivity index (χ4n) is 0. The first-order valence-corrected chi connectivity index (χ1v) is 3.22. The topological polar surface area (TPSA) is 0 Å². The number of thiol groups is 1. The first-order valence-electron chi connectivity index (χ1n) is 1.18. The second-order valence-corrected chi connectivity index (χ2v) is 2.03. The summed E-state index contributed by atoms with van der Waals surface area (Å²) in [5, 5.41) is 0. The zero-order valence-corrected chi connectivity index (χ0v) is 5.50. The maximum absolute atomic E-state index is 3.84. The van der Waals surface area contributed by atoms with Gasteiger partial charge < -0.3 is 0 Å². The van der Waals surface area contributed by atoms with Crippen molar-refractivity contribution in [2.24, 2.45) is 0 Å². The molecule has 0 nitrogen and oxygen atoms in total. The third-order valence-electron chi connectivity index (χ3n) is 0.129. The fourth-order valence-corrected chi connectivity index (χ4v) is 0. The SMILES string of the molecule is CCSS.Cl. The van der Waals surface area contributed by atoms with Gasteiger partial charge in [-0.05, 0) is 0 Å². The van der Waals surface area contributed by atoms with Crippen LogP contribution in [0.15, 0.2) is 0 Å². The van der Waals surface area contributed by atoms with Crippen molar-refractivity contribution in [3.63, 3.8) is 0 Å². The van der Waals surface area contributed by atoms with Gasteiger partial charge in [0.15, 0.2) is 0 Å². The molecule has 0 fully saturated rings. The summed E-state index contributed by atoms with van der Waals surface area (Å²) in [6, 6.07) is 0. The normalized spacial score (nSPS) is 6.00. The van der Waals surface area contributed by atoms with E-state index in [0.717, 1.165) is 5.75 Å². The van der Waals surface area contributed by atoms with Gasteiger partial charge in [-0.3, -0.25) is 0 Å². The molecule has 5 heavy (non-hydrogen) atoms. The van der Waals surface area contributed by atoms with Crippen molar-refractivity contribution in [1.29, 1.82) is 0 Å². The Morgan fingerprint density at radius 1 is 1.80 bits per heavy atom. The van der Waals surface area contributed by atoms with Crippen LogP contribution in [0.3, 0.4) is 0 Å². The Morgan fingerprint density at radius 3 is 2.00 bits per heavy atom. The third-order valence-corrected chi connectivity index (χ3v) is 1.16. The molecular weight excluding hydrogens is 124 g/mol. The van der Waals surface area contributed by atoms with Gasteiger partial charge in [-0.25, -0.2) is 0 Å². The Kier molecular flexibility index (Phi) is 16.7. The van der Waals surface area contributed by atoms with Gasteiger partial charge in [0.1, 0.15) is 0 Å². The van der Waals surface area contributed by atoms with Gasteiger partial charge in [-0.2, -0.15) is 0 Å². The largest absolute Gasteiger partial charge is 0.147 e. The minimum Gasteiger partial charge on any atom is -0.147 e. The van der Waals surface area contributed by atoms with Gasteiger partial charge in [0.2, 0.25) is 0 Å². The molecule has 0 aromatic heterocycles. The van der Waals surface area contributed by atoms with Crippen LogP contribution >= 0.6 is 34.9 Å². The predicted octanol–water partition coefficient (Wildman–Crippen LogP) is 2.01. The van der Waals surface area contributed by atoms with Crippen molar-refractivity contribution in [3.05, 3.63) is 0 Å². The Balaban J connectivity index is 0. The van der Waals surface area contributed by atoms with Gasteiger partial charge >= 0.3 is 0 Å². The van der Waals surface area contributed by atoms with Crippen molar-refractivity contribution in [2.75, 3.05) is 5.75 Å². The summed E-state index contributed by atoms with van der Waals surface area (Å²) in [7, 11) is 1.55. The fraction of sp³-hybridized carbons (Fsp3) is 1.00. The van der Waals surface area contributed by atoms with Gasteiger partial charge in [0.05, 0.1) is 0 Å². The second-order valence-electron chi connectivity index (χ2n) is 0.418. The molecule has 0 saturated heterocycles. The Morgan fingerprint density at radius 2 is 2.00 bits per heavy atom. The molecule has 0 aromatic carbocycles. The molecule has 0 radical (unpaired) electrons. The first-order chi connectivity index (χ1) is 1.91. The molecule has 0 N–H and O–H groups in total. The number of halogens is 1. The lowest BCUT2D eigenvalue weighted by molar-refractivity contribution is 1.54. The summed E-state index contributed by atoms with van der Waals surface area (Å²) in [5.41, 5.74) is 0. The summed E-state index contributed by atoms with van der Waals surface area (Å²) in [6.07, 6.45) is 0. The van der Waals surface area contributed by atoms with Crippen LogP contribution in [0.5, 0.6) is 0 Å². The Labute approximate surface area is 47.9 Å². The van der Waals surface area contributed by atoms with E-state index in [-0.39, 0.29) is 12.4 Å². The number of hydrogen-bond acceptors (Lipinski definition) is 2. The standard InChI is InChI=1S/C2H6S2.ClH/c1-2-4-3;/h3H,2H2,1H3;1H. The highest BCUT2D eigenvalue weighted by atomic mass is 35.5. The van der Waals surface area contributed by atoms with E-state index in [9.17, 15) is 0 Å². The monoisotopic (exact) mass is 130 g/mol. The summed E-state index contributed by atoms with van der Waals surface area (Å²) in [4.78, 5) is 0. The minimum atomic E-state index is 0. The molecule has 0 aliphatic rings. The van der Waals surface area contributed by atoms with Gasteiger partial charge in [0.25, 0.3) is 0 Å².